The van der Waals surface area contributed by atoms with E-state index in [9.17, 15) is 4.79 Å². The van der Waals surface area contributed by atoms with Gasteiger partial charge in [-0.05, 0) is 73.2 Å². The van der Waals surface area contributed by atoms with Crippen molar-refractivity contribution >= 4 is 5.91 Å². The molecular weight excluding hydrogens is 284 g/mol. The molecule has 1 unspecified atom stereocenters. The predicted octanol–water partition coefficient (Wildman–Crippen LogP) is 3.02. The standard InChI is InChI=1S/C20H22N2O/c21-20(23)18-4-1-3-14(12-18)15-5-6-17-13-19(22-9-2-10-22)8-7-16(17)11-15/h1,3-6,11-12,19H,2,7-10,13H2,(H2,21,23). The first-order valence-electron chi connectivity index (χ1n) is 8.47. The van der Waals surface area contributed by atoms with Crippen molar-refractivity contribution < 1.29 is 4.79 Å². The van der Waals surface area contributed by atoms with E-state index in [0.717, 1.165) is 18.0 Å². The number of benzene rings is 2. The number of carbonyl (C=O) groups excluding carboxylic acids is 1. The van der Waals surface area contributed by atoms with Gasteiger partial charge in [-0.2, -0.15) is 0 Å². The van der Waals surface area contributed by atoms with Crippen LogP contribution in [0.1, 0.15) is 34.3 Å². The van der Waals surface area contributed by atoms with E-state index in [4.69, 9.17) is 5.73 Å². The van der Waals surface area contributed by atoms with E-state index >= 15 is 0 Å². The first-order chi connectivity index (χ1) is 11.2. The second-order valence-corrected chi connectivity index (χ2v) is 6.71. The number of fused-ring (bicyclic) bond motifs is 1. The number of nitrogens with zero attached hydrogens (tertiary/aromatic N) is 1. The van der Waals surface area contributed by atoms with Gasteiger partial charge in [0.1, 0.15) is 0 Å². The van der Waals surface area contributed by atoms with Crippen LogP contribution in [0.2, 0.25) is 0 Å². The molecule has 3 heteroatoms. The summed E-state index contributed by atoms with van der Waals surface area (Å²) in [5, 5.41) is 0. The van der Waals surface area contributed by atoms with E-state index in [2.05, 4.69) is 23.1 Å². The molecule has 0 bridgehead atoms. The van der Waals surface area contributed by atoms with Crippen LogP contribution in [0.4, 0.5) is 0 Å². The summed E-state index contributed by atoms with van der Waals surface area (Å²) >= 11 is 0. The summed E-state index contributed by atoms with van der Waals surface area (Å²) in [6.07, 6.45) is 4.95. The fourth-order valence-corrected chi connectivity index (χ4v) is 3.78. The van der Waals surface area contributed by atoms with Crippen molar-refractivity contribution in [1.82, 2.24) is 4.90 Å². The summed E-state index contributed by atoms with van der Waals surface area (Å²) in [6.45, 7) is 2.55. The molecule has 0 saturated carbocycles. The van der Waals surface area contributed by atoms with E-state index < -0.39 is 0 Å². The van der Waals surface area contributed by atoms with Crippen LogP contribution >= 0.6 is 0 Å². The Kier molecular flexibility index (Phi) is 3.66. The van der Waals surface area contributed by atoms with Crippen molar-refractivity contribution in [2.75, 3.05) is 13.1 Å². The average Bonchev–Trinajstić information content (AvgIpc) is 2.53. The highest BCUT2D eigenvalue weighted by Gasteiger charge is 2.27. The molecular formula is C20H22N2O. The Morgan fingerprint density at radius 3 is 2.61 bits per heavy atom. The van der Waals surface area contributed by atoms with Crippen LogP contribution in [0.25, 0.3) is 11.1 Å². The Morgan fingerprint density at radius 2 is 1.87 bits per heavy atom. The lowest BCUT2D eigenvalue weighted by Gasteiger charge is -2.41. The highest BCUT2D eigenvalue weighted by Crippen LogP contribution is 2.30. The van der Waals surface area contributed by atoms with Crippen molar-refractivity contribution in [3.05, 3.63) is 59.2 Å². The third-order valence-corrected chi connectivity index (χ3v) is 5.30. The number of amides is 1. The van der Waals surface area contributed by atoms with Gasteiger partial charge in [-0.3, -0.25) is 9.69 Å². The quantitative estimate of drug-likeness (QED) is 0.947. The Morgan fingerprint density at radius 1 is 1.04 bits per heavy atom. The fourth-order valence-electron chi connectivity index (χ4n) is 3.78. The largest absolute Gasteiger partial charge is 0.366 e. The van der Waals surface area contributed by atoms with Gasteiger partial charge in [0, 0.05) is 11.6 Å². The summed E-state index contributed by atoms with van der Waals surface area (Å²) in [4.78, 5) is 14.0. The first-order valence-corrected chi connectivity index (χ1v) is 8.47. The zero-order valence-corrected chi connectivity index (χ0v) is 13.3. The van der Waals surface area contributed by atoms with Crippen molar-refractivity contribution in [3.8, 4) is 11.1 Å². The van der Waals surface area contributed by atoms with Gasteiger partial charge in [-0.15, -0.1) is 0 Å². The van der Waals surface area contributed by atoms with E-state index in [0.29, 0.717) is 5.56 Å². The minimum absolute atomic E-state index is 0.373. The van der Waals surface area contributed by atoms with Crippen LogP contribution in [0, 0.1) is 0 Å². The molecule has 0 aromatic heterocycles. The SMILES string of the molecule is NC(=O)c1cccc(-c2ccc3c(c2)CCC(N2CCC2)C3)c1. The molecule has 2 aromatic carbocycles. The maximum absolute atomic E-state index is 11.4. The molecule has 1 aliphatic heterocycles. The van der Waals surface area contributed by atoms with E-state index in [1.54, 1.807) is 6.07 Å². The highest BCUT2D eigenvalue weighted by atomic mass is 16.1. The van der Waals surface area contributed by atoms with Crippen molar-refractivity contribution in [2.24, 2.45) is 5.73 Å². The molecule has 2 N–H and O–H groups in total. The molecule has 1 atom stereocenters. The van der Waals surface area contributed by atoms with Gasteiger partial charge >= 0.3 is 0 Å². The van der Waals surface area contributed by atoms with Crippen molar-refractivity contribution in [2.45, 2.75) is 31.7 Å². The molecule has 1 amide bonds. The van der Waals surface area contributed by atoms with E-state index in [1.165, 1.54) is 49.0 Å². The summed E-state index contributed by atoms with van der Waals surface area (Å²) in [5.41, 5.74) is 11.1. The van der Waals surface area contributed by atoms with Crippen molar-refractivity contribution in [1.29, 1.82) is 0 Å². The smallest absolute Gasteiger partial charge is 0.248 e. The molecule has 1 heterocycles. The molecule has 4 rings (SSSR count). The molecule has 3 nitrogen and oxygen atoms in total. The minimum atomic E-state index is -0.373. The van der Waals surface area contributed by atoms with Crippen molar-refractivity contribution in [3.63, 3.8) is 0 Å². The maximum atomic E-state index is 11.4. The zero-order chi connectivity index (χ0) is 15.8. The number of hydrogen-bond donors (Lipinski definition) is 1. The Bertz CT molecular complexity index is 749. The van der Waals surface area contributed by atoms with Gasteiger partial charge in [0.15, 0.2) is 0 Å². The second-order valence-electron chi connectivity index (χ2n) is 6.71. The Hall–Kier alpha value is -2.13. The lowest BCUT2D eigenvalue weighted by molar-refractivity contribution is 0.100. The minimum Gasteiger partial charge on any atom is -0.366 e. The van der Waals surface area contributed by atoms with Crippen LogP contribution in [0.3, 0.4) is 0 Å². The molecule has 1 aliphatic carbocycles. The van der Waals surface area contributed by atoms with Gasteiger partial charge in [0.25, 0.3) is 0 Å². The van der Waals surface area contributed by atoms with Crippen LogP contribution in [-0.4, -0.2) is 29.9 Å². The number of hydrogen-bond acceptors (Lipinski definition) is 2. The third-order valence-electron chi connectivity index (χ3n) is 5.30. The van der Waals surface area contributed by atoms with E-state index in [-0.39, 0.29) is 5.91 Å². The van der Waals surface area contributed by atoms with Crippen LogP contribution in [0.5, 0.6) is 0 Å². The summed E-state index contributed by atoms with van der Waals surface area (Å²) < 4.78 is 0. The summed E-state index contributed by atoms with van der Waals surface area (Å²) in [6, 6.07) is 15.1. The Balaban J connectivity index is 1.60. The van der Waals surface area contributed by atoms with E-state index in [1.807, 2.05) is 18.2 Å². The highest BCUT2D eigenvalue weighted by molar-refractivity contribution is 5.94. The third kappa shape index (κ3) is 2.77. The number of carbonyl (C=O) groups is 1. The van der Waals surface area contributed by atoms with Gasteiger partial charge in [-0.1, -0.05) is 30.3 Å². The average molecular weight is 306 g/mol. The number of rotatable bonds is 3. The summed E-state index contributed by atoms with van der Waals surface area (Å²) in [5.74, 6) is -0.373. The number of likely N-dealkylation sites (tertiary alicyclic amines) is 1. The van der Waals surface area contributed by atoms with Gasteiger partial charge in [-0.25, -0.2) is 0 Å². The van der Waals surface area contributed by atoms with Crippen LogP contribution in [0.15, 0.2) is 42.5 Å². The monoisotopic (exact) mass is 306 g/mol. The lowest BCUT2D eigenvalue weighted by Crippen LogP contribution is -2.47. The number of aryl methyl sites for hydroxylation is 1. The molecule has 1 saturated heterocycles. The molecule has 2 aliphatic rings. The molecule has 2 aromatic rings. The van der Waals surface area contributed by atoms with Gasteiger partial charge in [0.05, 0.1) is 0 Å². The van der Waals surface area contributed by atoms with Crippen LogP contribution < -0.4 is 5.73 Å². The summed E-state index contributed by atoms with van der Waals surface area (Å²) in [7, 11) is 0. The zero-order valence-electron chi connectivity index (χ0n) is 13.3. The van der Waals surface area contributed by atoms with Gasteiger partial charge < -0.3 is 5.73 Å². The lowest BCUT2D eigenvalue weighted by atomic mass is 9.84. The number of primary amides is 1. The van der Waals surface area contributed by atoms with Crippen LogP contribution in [-0.2, 0) is 12.8 Å². The Labute approximate surface area is 137 Å². The molecule has 23 heavy (non-hydrogen) atoms. The first kappa shape index (κ1) is 14.5. The molecule has 0 radical (unpaired) electrons. The normalized spacial score (nSPS) is 20.6. The molecule has 1 fully saturated rings. The molecule has 0 spiro atoms. The molecule has 118 valence electrons. The van der Waals surface area contributed by atoms with Gasteiger partial charge in [0.2, 0.25) is 5.91 Å². The topological polar surface area (TPSA) is 46.3 Å². The maximum Gasteiger partial charge on any atom is 0.248 e. The predicted molar refractivity (Wildman–Crippen MR) is 92.4 cm³/mol. The fraction of sp³-hybridized carbons (Fsp3) is 0.350. The second kappa shape index (κ2) is 5.82. The number of nitrogens with two attached hydrogens (primary N) is 1.